The lowest BCUT2D eigenvalue weighted by atomic mass is 10.3. The van der Waals surface area contributed by atoms with Gasteiger partial charge in [-0.1, -0.05) is 0 Å². The molecule has 0 heterocycles. The highest BCUT2D eigenvalue weighted by atomic mass is 19.1. The molecule has 6 N–H and O–H groups in total. The summed E-state index contributed by atoms with van der Waals surface area (Å²) >= 11 is 0. The van der Waals surface area contributed by atoms with Gasteiger partial charge in [-0.2, -0.15) is 0 Å². The lowest BCUT2D eigenvalue weighted by molar-refractivity contribution is -0.132. The monoisotopic (exact) mass is 227 g/mol. The van der Waals surface area contributed by atoms with Gasteiger partial charge in [0.15, 0.2) is 5.70 Å². The van der Waals surface area contributed by atoms with Crippen LogP contribution >= 0.6 is 0 Å². The molecule has 0 amide bonds. The van der Waals surface area contributed by atoms with Gasteiger partial charge in [0.05, 0.1) is 0 Å². The van der Waals surface area contributed by atoms with E-state index in [2.05, 4.69) is 0 Å². The molecule has 0 fully saturated rings. The maximum atomic E-state index is 12.6. The van der Waals surface area contributed by atoms with Gasteiger partial charge in [0.2, 0.25) is 5.88 Å². The van der Waals surface area contributed by atoms with Crippen LogP contribution in [0.1, 0.15) is 0 Å². The molecule has 1 aromatic carbocycles. The Morgan fingerprint density at radius 2 is 1.94 bits per heavy atom. The predicted octanol–water partition coefficient (Wildman–Crippen LogP) is -0.120. The summed E-state index contributed by atoms with van der Waals surface area (Å²) in [7, 11) is 0. The Morgan fingerprint density at radius 3 is 2.38 bits per heavy atom. The van der Waals surface area contributed by atoms with Gasteiger partial charge in [0, 0.05) is 0 Å². The van der Waals surface area contributed by atoms with Gasteiger partial charge < -0.3 is 15.6 Å². The van der Waals surface area contributed by atoms with E-state index in [1.54, 1.807) is 0 Å². The second kappa shape index (κ2) is 4.99. The highest BCUT2D eigenvalue weighted by molar-refractivity contribution is 5.85. The fraction of sp³-hybridized carbons (Fsp3) is 0. The smallest absolute Gasteiger partial charge is 0.357 e. The first-order valence-corrected chi connectivity index (χ1v) is 4.17. The summed E-state index contributed by atoms with van der Waals surface area (Å²) in [5.41, 5.74) is 6.61. The summed E-state index contributed by atoms with van der Waals surface area (Å²) in [6.07, 6.45) is 0. The van der Waals surface area contributed by atoms with Crippen LogP contribution in [0.25, 0.3) is 0 Å². The maximum Gasteiger partial charge on any atom is 0.357 e. The summed E-state index contributed by atoms with van der Waals surface area (Å²) in [5, 5.41) is 8.59. The molecule has 0 saturated carbocycles. The van der Waals surface area contributed by atoms with Crippen molar-refractivity contribution in [2.75, 3.05) is 0 Å². The van der Waals surface area contributed by atoms with Crippen molar-refractivity contribution in [1.82, 2.24) is 5.43 Å². The van der Waals surface area contributed by atoms with Crippen molar-refractivity contribution in [3.05, 3.63) is 41.7 Å². The van der Waals surface area contributed by atoms with Crippen LogP contribution in [0.5, 0.6) is 5.75 Å². The number of hydrogen-bond donors (Lipinski definition) is 4. The van der Waals surface area contributed by atoms with E-state index >= 15 is 0 Å². The number of carboxylic acid groups (broad SMARTS) is 1. The highest BCUT2D eigenvalue weighted by Gasteiger charge is 2.11. The number of rotatable bonds is 4. The first kappa shape index (κ1) is 11.8. The minimum atomic E-state index is -1.38. The minimum absolute atomic E-state index is 0.207. The third kappa shape index (κ3) is 2.85. The molecule has 0 saturated heterocycles. The Bertz CT molecular complexity index is 417. The van der Waals surface area contributed by atoms with E-state index in [9.17, 15) is 9.18 Å². The Balaban J connectivity index is 2.90. The van der Waals surface area contributed by atoms with Gasteiger partial charge in [-0.15, -0.1) is 0 Å². The van der Waals surface area contributed by atoms with E-state index in [0.29, 0.717) is 0 Å². The molecule has 0 radical (unpaired) electrons. The van der Waals surface area contributed by atoms with Gasteiger partial charge in [-0.05, 0) is 24.3 Å². The topological polar surface area (TPSA) is 111 Å². The van der Waals surface area contributed by atoms with E-state index in [-0.39, 0.29) is 11.6 Å². The molecule has 16 heavy (non-hydrogen) atoms. The molecule has 0 bridgehead atoms. The van der Waals surface area contributed by atoms with Crippen LogP contribution in [0.2, 0.25) is 0 Å². The molecular formula is C9H10FN3O3. The fourth-order valence-corrected chi connectivity index (χ4v) is 0.880. The van der Waals surface area contributed by atoms with Crippen molar-refractivity contribution < 1.29 is 19.0 Å². The molecule has 7 heteroatoms. The number of carbonyl (C=O) groups is 1. The minimum Gasteiger partial charge on any atom is -0.476 e. The number of nitrogens with two attached hydrogens (primary N) is 2. The predicted molar refractivity (Wildman–Crippen MR) is 53.2 cm³/mol. The lowest BCUT2D eigenvalue weighted by Gasteiger charge is -2.10. The Kier molecular flexibility index (Phi) is 3.67. The SMILES string of the molecule is NN/C(Oc1ccc(F)cc1)=C(\N)C(=O)O. The third-order valence-electron chi connectivity index (χ3n) is 1.64. The molecule has 0 aliphatic heterocycles. The van der Waals surface area contributed by atoms with Crippen LogP contribution in [-0.2, 0) is 4.79 Å². The Hall–Kier alpha value is -2.28. The van der Waals surface area contributed by atoms with Gasteiger partial charge in [-0.25, -0.2) is 15.0 Å². The Labute approximate surface area is 90.3 Å². The number of carboxylic acids is 1. The van der Waals surface area contributed by atoms with E-state index in [4.69, 9.17) is 21.4 Å². The van der Waals surface area contributed by atoms with Crippen molar-refractivity contribution in [2.24, 2.45) is 11.6 Å². The van der Waals surface area contributed by atoms with E-state index in [1.807, 2.05) is 5.43 Å². The zero-order valence-electron chi connectivity index (χ0n) is 8.11. The Morgan fingerprint density at radius 1 is 1.38 bits per heavy atom. The van der Waals surface area contributed by atoms with Crippen LogP contribution in [0.15, 0.2) is 35.8 Å². The summed E-state index contributed by atoms with van der Waals surface area (Å²) in [6.45, 7) is 0. The zero-order valence-corrected chi connectivity index (χ0v) is 8.11. The van der Waals surface area contributed by atoms with E-state index in [0.717, 1.165) is 12.1 Å². The van der Waals surface area contributed by atoms with Gasteiger partial charge in [0.25, 0.3) is 0 Å². The number of ether oxygens (including phenoxy) is 1. The molecule has 6 nitrogen and oxygen atoms in total. The van der Waals surface area contributed by atoms with Gasteiger partial charge in [0.1, 0.15) is 11.6 Å². The van der Waals surface area contributed by atoms with E-state index < -0.39 is 17.5 Å². The highest BCUT2D eigenvalue weighted by Crippen LogP contribution is 2.13. The van der Waals surface area contributed by atoms with Crippen LogP contribution in [0, 0.1) is 5.82 Å². The number of aliphatic carboxylic acids is 1. The van der Waals surface area contributed by atoms with Crippen molar-refractivity contribution in [1.29, 1.82) is 0 Å². The first-order valence-electron chi connectivity index (χ1n) is 4.17. The standard InChI is InChI=1S/C9H10FN3O3/c10-5-1-3-6(4-2-5)16-8(13-12)7(11)9(14)15/h1-4,13H,11-12H2,(H,14,15)/b8-7+. The molecule has 0 atom stereocenters. The van der Waals surface area contributed by atoms with Crippen LogP contribution in [0.4, 0.5) is 4.39 Å². The number of halogens is 1. The molecule has 0 aromatic heterocycles. The fourth-order valence-electron chi connectivity index (χ4n) is 0.880. The second-order valence-corrected chi connectivity index (χ2v) is 2.75. The van der Waals surface area contributed by atoms with Crippen LogP contribution in [0.3, 0.4) is 0 Å². The molecule has 0 spiro atoms. The van der Waals surface area contributed by atoms with Crippen molar-refractivity contribution in [3.63, 3.8) is 0 Å². The molecule has 0 aliphatic carbocycles. The van der Waals surface area contributed by atoms with Crippen LogP contribution in [-0.4, -0.2) is 11.1 Å². The number of hydrogen-bond acceptors (Lipinski definition) is 5. The quantitative estimate of drug-likeness (QED) is 0.247. The maximum absolute atomic E-state index is 12.6. The molecule has 0 aliphatic rings. The summed E-state index contributed by atoms with van der Waals surface area (Å²) in [5.74, 6) is 3.11. The number of hydrazine groups is 1. The molecular weight excluding hydrogens is 217 g/mol. The lowest BCUT2D eigenvalue weighted by Crippen LogP contribution is -2.31. The second-order valence-electron chi connectivity index (χ2n) is 2.75. The normalized spacial score (nSPS) is 11.6. The average Bonchev–Trinajstić information content (AvgIpc) is 2.27. The van der Waals surface area contributed by atoms with Crippen LogP contribution < -0.4 is 21.7 Å². The third-order valence-corrected chi connectivity index (χ3v) is 1.64. The number of nitrogens with one attached hydrogen (secondary N) is 1. The summed E-state index contributed by atoms with van der Waals surface area (Å²) < 4.78 is 17.6. The summed E-state index contributed by atoms with van der Waals surface area (Å²) in [4.78, 5) is 10.5. The van der Waals surface area contributed by atoms with Gasteiger partial charge in [-0.3, -0.25) is 5.43 Å². The molecule has 86 valence electrons. The van der Waals surface area contributed by atoms with Crippen molar-refractivity contribution in [2.45, 2.75) is 0 Å². The average molecular weight is 227 g/mol. The van der Waals surface area contributed by atoms with Gasteiger partial charge >= 0.3 is 5.97 Å². The van der Waals surface area contributed by atoms with Crippen molar-refractivity contribution >= 4 is 5.97 Å². The zero-order chi connectivity index (χ0) is 12.1. The van der Waals surface area contributed by atoms with Crippen molar-refractivity contribution in [3.8, 4) is 5.75 Å². The largest absolute Gasteiger partial charge is 0.476 e. The molecule has 0 unspecified atom stereocenters. The summed E-state index contributed by atoms with van der Waals surface area (Å²) in [6, 6.07) is 4.92. The first-order chi connectivity index (χ1) is 7.54. The number of benzene rings is 1. The molecule has 1 aromatic rings. The van der Waals surface area contributed by atoms with E-state index in [1.165, 1.54) is 12.1 Å². The molecule has 1 rings (SSSR count).